The van der Waals surface area contributed by atoms with E-state index in [0.717, 1.165) is 5.56 Å². The first-order chi connectivity index (χ1) is 16.3. The molecule has 0 aliphatic rings. The molecule has 0 saturated heterocycles. The van der Waals surface area contributed by atoms with Gasteiger partial charge >= 0.3 is 0 Å². The molecule has 0 aliphatic carbocycles. The number of halogens is 3. The van der Waals surface area contributed by atoms with E-state index in [2.05, 4.69) is 10.6 Å². The van der Waals surface area contributed by atoms with Gasteiger partial charge in [-0.05, 0) is 60.5 Å². The third-order valence-corrected chi connectivity index (χ3v) is 5.36. The van der Waals surface area contributed by atoms with Gasteiger partial charge in [-0.3, -0.25) is 9.59 Å². The molecule has 0 heterocycles. The van der Waals surface area contributed by atoms with Gasteiger partial charge in [-0.15, -0.1) is 0 Å². The first-order valence-corrected chi connectivity index (χ1v) is 11.1. The molecular weight excluding hydrogens is 497 g/mol. The van der Waals surface area contributed by atoms with Crippen LogP contribution in [0.2, 0.25) is 15.1 Å². The Morgan fingerprint density at radius 3 is 2.32 bits per heavy atom. The number of anilines is 2. The Bertz CT molecular complexity index is 1290. The number of nitrogens with zero attached hydrogens (tertiary/aromatic N) is 1. The van der Waals surface area contributed by atoms with Gasteiger partial charge in [0.2, 0.25) is 0 Å². The molecule has 0 aromatic heterocycles. The van der Waals surface area contributed by atoms with E-state index in [1.165, 1.54) is 18.2 Å². The number of aryl methyl sites for hydroxylation is 1. The predicted octanol–water partition coefficient (Wildman–Crippen LogP) is 6.52. The van der Waals surface area contributed by atoms with Crippen molar-refractivity contribution in [1.82, 2.24) is 0 Å². The molecule has 2 N–H and O–H groups in total. The summed E-state index contributed by atoms with van der Waals surface area (Å²) in [5, 5.41) is 15.3. The summed E-state index contributed by atoms with van der Waals surface area (Å²) in [6, 6.07) is 18.8. The van der Waals surface area contributed by atoms with E-state index in [1.54, 1.807) is 30.3 Å². The van der Waals surface area contributed by atoms with Crippen LogP contribution in [0.15, 0.2) is 66.2 Å². The van der Waals surface area contributed by atoms with E-state index in [0.29, 0.717) is 22.0 Å². The molecule has 0 atom stereocenters. The number of nitriles is 1. The van der Waals surface area contributed by atoms with E-state index in [4.69, 9.17) is 39.5 Å². The zero-order valence-electron chi connectivity index (χ0n) is 17.9. The van der Waals surface area contributed by atoms with Crippen molar-refractivity contribution < 1.29 is 14.3 Å². The van der Waals surface area contributed by atoms with Gasteiger partial charge in [-0.25, -0.2) is 0 Å². The summed E-state index contributed by atoms with van der Waals surface area (Å²) in [6.45, 7) is 1.60. The lowest BCUT2D eigenvalue weighted by molar-refractivity contribution is -0.118. The number of hydrogen-bond donors (Lipinski definition) is 2. The monoisotopic (exact) mass is 513 g/mol. The summed E-state index contributed by atoms with van der Waals surface area (Å²) in [7, 11) is 0. The summed E-state index contributed by atoms with van der Waals surface area (Å²) in [5.74, 6) is -0.917. The number of rotatable bonds is 7. The molecule has 2 amide bonds. The number of benzene rings is 3. The maximum absolute atomic E-state index is 12.5. The van der Waals surface area contributed by atoms with Crippen molar-refractivity contribution in [1.29, 1.82) is 5.26 Å². The molecule has 0 bridgehead atoms. The van der Waals surface area contributed by atoms with Crippen molar-refractivity contribution in [3.8, 4) is 11.8 Å². The van der Waals surface area contributed by atoms with Crippen LogP contribution < -0.4 is 15.4 Å². The molecule has 0 saturated carbocycles. The van der Waals surface area contributed by atoms with Crippen LogP contribution in [0.25, 0.3) is 6.08 Å². The van der Waals surface area contributed by atoms with Crippen molar-refractivity contribution in [3.05, 3.63) is 92.4 Å². The first kappa shape index (κ1) is 25.1. The largest absolute Gasteiger partial charge is 0.481 e. The third kappa shape index (κ3) is 6.75. The van der Waals surface area contributed by atoms with E-state index < -0.39 is 5.91 Å². The number of nitrogens with one attached hydrogen (secondary N) is 2. The second-order valence-electron chi connectivity index (χ2n) is 7.12. The Hall–Kier alpha value is -3.50. The maximum atomic E-state index is 12.5. The van der Waals surface area contributed by atoms with Gasteiger partial charge in [0.15, 0.2) is 12.4 Å². The Labute approximate surface area is 211 Å². The molecule has 3 aromatic rings. The van der Waals surface area contributed by atoms with Gasteiger partial charge in [0.1, 0.15) is 11.6 Å². The van der Waals surface area contributed by atoms with E-state index >= 15 is 0 Å². The highest BCUT2D eigenvalue weighted by molar-refractivity contribution is 6.37. The molecule has 6 nitrogen and oxygen atoms in total. The SMILES string of the molecule is Cc1cccc(NC(=O)COc2c(Cl)cc(/C=C(\C#N)C(=O)Nc3ccccc3Cl)cc2Cl)c1. The quantitative estimate of drug-likeness (QED) is 0.277. The van der Waals surface area contributed by atoms with E-state index in [1.807, 2.05) is 31.2 Å². The minimum Gasteiger partial charge on any atom is -0.481 e. The highest BCUT2D eigenvalue weighted by atomic mass is 35.5. The number of para-hydroxylation sites is 1. The Morgan fingerprint density at radius 1 is 0.971 bits per heavy atom. The molecule has 34 heavy (non-hydrogen) atoms. The molecule has 0 radical (unpaired) electrons. The van der Waals surface area contributed by atoms with Gasteiger partial charge in [-0.1, -0.05) is 59.1 Å². The highest BCUT2D eigenvalue weighted by Crippen LogP contribution is 2.35. The lowest BCUT2D eigenvalue weighted by atomic mass is 10.1. The Kier molecular flexibility index (Phi) is 8.55. The van der Waals surface area contributed by atoms with Gasteiger partial charge in [0, 0.05) is 5.69 Å². The second-order valence-corrected chi connectivity index (χ2v) is 8.35. The minimum absolute atomic E-state index is 0.110. The third-order valence-electron chi connectivity index (χ3n) is 4.47. The molecule has 0 unspecified atom stereocenters. The van der Waals surface area contributed by atoms with Gasteiger partial charge in [0.05, 0.1) is 20.8 Å². The van der Waals surface area contributed by atoms with Crippen LogP contribution in [-0.2, 0) is 9.59 Å². The van der Waals surface area contributed by atoms with Gasteiger partial charge in [-0.2, -0.15) is 5.26 Å². The zero-order chi connectivity index (χ0) is 24.7. The lowest BCUT2D eigenvalue weighted by Gasteiger charge is -2.12. The fourth-order valence-corrected chi connectivity index (χ4v) is 3.72. The second kappa shape index (κ2) is 11.6. The normalized spacial score (nSPS) is 10.9. The standard InChI is InChI=1S/C25H18Cl3N3O3/c1-15-5-4-6-18(9-15)30-23(32)14-34-24-20(27)11-16(12-21(24)28)10-17(13-29)25(33)31-22-8-3-2-7-19(22)26/h2-12H,14H2,1H3,(H,30,32)(H,31,33)/b17-10+. The maximum Gasteiger partial charge on any atom is 0.266 e. The number of hydrogen-bond acceptors (Lipinski definition) is 4. The molecule has 0 fully saturated rings. The smallest absolute Gasteiger partial charge is 0.266 e. The summed E-state index contributed by atoms with van der Waals surface area (Å²) in [4.78, 5) is 24.7. The van der Waals surface area contributed by atoms with Crippen LogP contribution in [0, 0.1) is 18.3 Å². The van der Waals surface area contributed by atoms with Gasteiger partial charge < -0.3 is 15.4 Å². The topological polar surface area (TPSA) is 91.2 Å². The summed E-state index contributed by atoms with van der Waals surface area (Å²) in [6.07, 6.45) is 1.33. The Balaban J connectivity index is 1.70. The van der Waals surface area contributed by atoms with Crippen LogP contribution in [0.1, 0.15) is 11.1 Å². The molecule has 9 heteroatoms. The average molecular weight is 515 g/mol. The number of amides is 2. The molecule has 3 aromatic carbocycles. The summed E-state index contributed by atoms with van der Waals surface area (Å²) < 4.78 is 5.50. The van der Waals surface area contributed by atoms with Gasteiger partial charge in [0.25, 0.3) is 11.8 Å². The van der Waals surface area contributed by atoms with Crippen molar-refractivity contribution in [2.45, 2.75) is 6.92 Å². The van der Waals surface area contributed by atoms with Crippen LogP contribution in [0.3, 0.4) is 0 Å². The summed E-state index contributed by atoms with van der Waals surface area (Å²) >= 11 is 18.6. The molecular formula is C25H18Cl3N3O3. The van der Waals surface area contributed by atoms with E-state index in [-0.39, 0.29) is 33.9 Å². The highest BCUT2D eigenvalue weighted by Gasteiger charge is 2.15. The Morgan fingerprint density at radius 2 is 1.68 bits per heavy atom. The van der Waals surface area contributed by atoms with Crippen LogP contribution in [-0.4, -0.2) is 18.4 Å². The molecule has 0 aliphatic heterocycles. The first-order valence-electron chi connectivity index (χ1n) is 9.93. The molecule has 172 valence electrons. The average Bonchev–Trinajstić information content (AvgIpc) is 2.78. The zero-order valence-corrected chi connectivity index (χ0v) is 20.1. The molecule has 3 rings (SSSR count). The van der Waals surface area contributed by atoms with Crippen molar-refractivity contribution in [3.63, 3.8) is 0 Å². The van der Waals surface area contributed by atoms with Crippen LogP contribution in [0.4, 0.5) is 11.4 Å². The van der Waals surface area contributed by atoms with Crippen molar-refractivity contribution in [2.24, 2.45) is 0 Å². The minimum atomic E-state index is -0.643. The van der Waals surface area contributed by atoms with Crippen molar-refractivity contribution >= 4 is 64.1 Å². The predicted molar refractivity (Wildman–Crippen MR) is 135 cm³/mol. The van der Waals surface area contributed by atoms with Crippen LogP contribution in [0.5, 0.6) is 5.75 Å². The van der Waals surface area contributed by atoms with Crippen molar-refractivity contribution in [2.75, 3.05) is 17.2 Å². The number of carbonyl (C=O) groups excluding carboxylic acids is 2. The number of carbonyl (C=O) groups is 2. The number of ether oxygens (including phenoxy) is 1. The molecule has 0 spiro atoms. The fourth-order valence-electron chi connectivity index (χ4n) is 2.93. The summed E-state index contributed by atoms with van der Waals surface area (Å²) in [5.41, 5.74) is 2.24. The van der Waals surface area contributed by atoms with E-state index in [9.17, 15) is 14.9 Å². The van der Waals surface area contributed by atoms with Crippen LogP contribution >= 0.6 is 34.8 Å². The fraction of sp³-hybridized carbons (Fsp3) is 0.0800. The lowest BCUT2D eigenvalue weighted by Crippen LogP contribution is -2.20.